The predicted octanol–water partition coefficient (Wildman–Crippen LogP) is 4.24. The highest BCUT2D eigenvalue weighted by Crippen LogP contribution is 2.31. The number of pyridine rings is 1. The van der Waals surface area contributed by atoms with Crippen LogP contribution in [0.1, 0.15) is 28.8 Å². The van der Waals surface area contributed by atoms with Gasteiger partial charge >= 0.3 is 0 Å². The van der Waals surface area contributed by atoms with Gasteiger partial charge in [0.1, 0.15) is 17.2 Å². The largest absolute Gasteiger partial charge is 0.573 e. The van der Waals surface area contributed by atoms with E-state index in [1.807, 2.05) is 12.1 Å². The molecule has 0 amide bonds. The lowest BCUT2D eigenvalue weighted by Crippen LogP contribution is -2.43. The number of aromatic nitrogens is 2. The number of H-pyrrole nitrogens is 1. The van der Waals surface area contributed by atoms with E-state index in [9.17, 15) is 13.7 Å². The number of carbonyl (C=O) groups is 1. The topological polar surface area (TPSA) is 99.3 Å². The quantitative estimate of drug-likeness (QED) is 0.234. The Morgan fingerprint density at radius 3 is 2.49 bits per heavy atom. The second-order valence-electron chi connectivity index (χ2n) is 9.71. The average Bonchev–Trinajstić information content (AvgIpc) is 3.66. The van der Waals surface area contributed by atoms with Gasteiger partial charge in [0.2, 0.25) is 5.78 Å². The lowest BCUT2D eigenvalue weighted by molar-refractivity contribution is 0.103. The Kier molecular flexibility index (Phi) is 7.22. The molecule has 4 aromatic rings. The highest BCUT2D eigenvalue weighted by atomic mass is 32.2. The minimum atomic E-state index is -1.68. The molecular weight excluding hydrogens is 522 g/mol. The van der Waals surface area contributed by atoms with Crippen LogP contribution >= 0.6 is 0 Å². The molecule has 0 bridgehead atoms. The molecule has 6 rings (SSSR count). The summed E-state index contributed by atoms with van der Waals surface area (Å²) in [5.74, 6) is -2.88. The number of benzene rings is 2. The zero-order valence-electron chi connectivity index (χ0n) is 21.2. The van der Waals surface area contributed by atoms with Crippen LogP contribution < -0.4 is 14.9 Å². The summed E-state index contributed by atoms with van der Waals surface area (Å²) in [5, 5.41) is 3.81. The van der Waals surface area contributed by atoms with Crippen LogP contribution in [0.2, 0.25) is 0 Å². The molecule has 3 N–H and O–H groups in total. The van der Waals surface area contributed by atoms with E-state index < -0.39 is 34.5 Å². The van der Waals surface area contributed by atoms with E-state index in [0.29, 0.717) is 24.1 Å². The van der Waals surface area contributed by atoms with Gasteiger partial charge in [0, 0.05) is 73.9 Å². The number of nitrogens with one attached hydrogen (secondary N) is 3. The van der Waals surface area contributed by atoms with E-state index in [4.69, 9.17) is 0 Å². The Morgan fingerprint density at radius 2 is 1.74 bits per heavy atom. The summed E-state index contributed by atoms with van der Waals surface area (Å²) in [4.78, 5) is 23.2. The summed E-state index contributed by atoms with van der Waals surface area (Å²) in [6, 6.07) is 12.1. The second-order valence-corrected chi connectivity index (χ2v) is 10.9. The third kappa shape index (κ3) is 5.10. The highest BCUT2D eigenvalue weighted by Gasteiger charge is 2.29. The molecule has 2 fully saturated rings. The number of fused-ring (bicyclic) bond motifs is 1. The van der Waals surface area contributed by atoms with Crippen molar-refractivity contribution in [3.8, 4) is 11.1 Å². The Hall–Kier alpha value is -3.51. The lowest BCUT2D eigenvalue weighted by Gasteiger charge is -2.29. The van der Waals surface area contributed by atoms with Crippen molar-refractivity contribution in [2.45, 2.75) is 12.8 Å². The first kappa shape index (κ1) is 25.8. The molecule has 1 atom stereocenters. The lowest BCUT2D eigenvalue weighted by atomic mass is 9.99. The number of hydrogen-bond acceptors (Lipinski definition) is 7. The molecule has 39 heavy (non-hydrogen) atoms. The summed E-state index contributed by atoms with van der Waals surface area (Å²) in [5.41, 5.74) is 2.48. The Balaban J connectivity index is 1.29. The SMILES string of the molecule is O=C(c1c(F)ccc(N[S+]([O-])N2CCCC2)c1F)c1c[nH]c2ncc(-c3ccc(N4CCNCC4)cc3)cc12. The first-order chi connectivity index (χ1) is 19.0. The fraction of sp³-hybridized carbons (Fsp3) is 0.286. The van der Waals surface area contributed by atoms with Crippen molar-refractivity contribution < 1.29 is 18.1 Å². The first-order valence-electron chi connectivity index (χ1n) is 13.0. The van der Waals surface area contributed by atoms with Crippen LogP contribution in [0.25, 0.3) is 22.2 Å². The van der Waals surface area contributed by atoms with Crippen LogP contribution in [-0.2, 0) is 11.5 Å². The highest BCUT2D eigenvalue weighted by molar-refractivity contribution is 7.90. The zero-order chi connectivity index (χ0) is 26.9. The molecule has 2 aromatic carbocycles. The average molecular weight is 551 g/mol. The zero-order valence-corrected chi connectivity index (χ0v) is 22.0. The van der Waals surface area contributed by atoms with Crippen LogP contribution in [0.15, 0.2) is 54.9 Å². The number of carbonyl (C=O) groups excluding carboxylic acids is 1. The number of aromatic amines is 1. The van der Waals surface area contributed by atoms with Crippen molar-refractivity contribution in [3.63, 3.8) is 0 Å². The minimum Gasteiger partial charge on any atom is -0.573 e. The number of rotatable bonds is 7. The number of anilines is 2. The van der Waals surface area contributed by atoms with Gasteiger partial charge in [-0.2, -0.15) is 4.72 Å². The molecule has 0 spiro atoms. The second kappa shape index (κ2) is 10.9. The molecule has 2 aliphatic rings. The third-order valence-corrected chi connectivity index (χ3v) is 8.50. The number of nitrogens with zero attached hydrogens (tertiary/aromatic N) is 3. The van der Waals surface area contributed by atoms with Gasteiger partial charge in [-0.15, -0.1) is 4.31 Å². The molecule has 1 unspecified atom stereocenters. The number of piperazine rings is 1. The van der Waals surface area contributed by atoms with Crippen molar-refractivity contribution in [2.24, 2.45) is 0 Å². The predicted molar refractivity (Wildman–Crippen MR) is 149 cm³/mol. The monoisotopic (exact) mass is 550 g/mol. The van der Waals surface area contributed by atoms with Gasteiger partial charge in [-0.3, -0.25) is 4.79 Å². The summed E-state index contributed by atoms with van der Waals surface area (Å²) in [6.45, 7) is 5.03. The van der Waals surface area contributed by atoms with Crippen molar-refractivity contribution in [2.75, 3.05) is 48.9 Å². The Bertz CT molecular complexity index is 1500. The number of hydrogen-bond donors (Lipinski definition) is 3. The van der Waals surface area contributed by atoms with Crippen molar-refractivity contribution >= 4 is 39.7 Å². The van der Waals surface area contributed by atoms with Gasteiger partial charge in [0.05, 0.1) is 5.56 Å². The molecular formula is C28H28F2N6O2S. The van der Waals surface area contributed by atoms with Crippen molar-refractivity contribution in [1.29, 1.82) is 0 Å². The van der Waals surface area contributed by atoms with E-state index in [2.05, 4.69) is 37.0 Å². The van der Waals surface area contributed by atoms with Gasteiger partial charge in [-0.1, -0.05) is 12.1 Å². The van der Waals surface area contributed by atoms with Gasteiger partial charge in [-0.25, -0.2) is 13.8 Å². The van der Waals surface area contributed by atoms with Crippen molar-refractivity contribution in [3.05, 3.63) is 77.6 Å². The Morgan fingerprint density at radius 1 is 1.00 bits per heavy atom. The maximum Gasteiger partial charge on any atom is 0.201 e. The molecule has 0 radical (unpaired) electrons. The number of ketones is 1. The smallest absolute Gasteiger partial charge is 0.201 e. The maximum atomic E-state index is 15.4. The van der Waals surface area contributed by atoms with Crippen molar-refractivity contribution in [1.82, 2.24) is 19.6 Å². The number of halogens is 2. The molecule has 2 aliphatic heterocycles. The van der Waals surface area contributed by atoms with E-state index in [-0.39, 0.29) is 11.3 Å². The van der Waals surface area contributed by atoms with E-state index in [0.717, 1.165) is 68.0 Å². The summed E-state index contributed by atoms with van der Waals surface area (Å²) in [7, 11) is 0. The molecule has 0 aliphatic carbocycles. The van der Waals surface area contributed by atoms with Crippen LogP contribution in [-0.4, -0.2) is 63.9 Å². The van der Waals surface area contributed by atoms with Gasteiger partial charge in [0.15, 0.2) is 17.4 Å². The first-order valence-corrected chi connectivity index (χ1v) is 14.1. The molecule has 202 valence electrons. The van der Waals surface area contributed by atoms with E-state index in [1.165, 1.54) is 6.20 Å². The maximum absolute atomic E-state index is 15.4. The summed E-state index contributed by atoms with van der Waals surface area (Å²) in [6.07, 6.45) is 4.92. The molecule has 2 aromatic heterocycles. The minimum absolute atomic E-state index is 0.104. The summed E-state index contributed by atoms with van der Waals surface area (Å²) < 4.78 is 47.1. The van der Waals surface area contributed by atoms with Crippen LogP contribution in [0.5, 0.6) is 0 Å². The van der Waals surface area contributed by atoms with Gasteiger partial charge in [0.25, 0.3) is 0 Å². The molecule has 4 heterocycles. The van der Waals surface area contributed by atoms with Crippen LogP contribution in [0, 0.1) is 11.6 Å². The standard InChI is InChI=1S/C28H28F2N6O2S/c29-23-7-8-24(34-39(38)36-11-1-2-12-36)26(30)25(23)27(37)22-17-33-28-21(22)15-19(16-32-28)18-3-5-20(6-4-18)35-13-9-31-10-14-35/h3-8,15-17,31,34H,1-2,9-14H2,(H,32,33). The van der Waals surface area contributed by atoms with E-state index in [1.54, 1.807) is 16.6 Å². The fourth-order valence-electron chi connectivity index (χ4n) is 5.12. The van der Waals surface area contributed by atoms with Gasteiger partial charge < -0.3 is 19.8 Å². The van der Waals surface area contributed by atoms with Gasteiger partial charge in [-0.05, 0) is 48.7 Å². The molecule has 8 nitrogen and oxygen atoms in total. The molecule has 0 saturated carbocycles. The van der Waals surface area contributed by atoms with Crippen LogP contribution in [0.3, 0.4) is 0 Å². The van der Waals surface area contributed by atoms with E-state index >= 15 is 4.39 Å². The Labute approximate surface area is 227 Å². The fourth-order valence-corrected chi connectivity index (χ4v) is 6.19. The van der Waals surface area contributed by atoms with Crippen LogP contribution in [0.4, 0.5) is 20.2 Å². The molecule has 11 heteroatoms. The summed E-state index contributed by atoms with van der Waals surface area (Å²) >= 11 is -1.68. The normalized spacial score (nSPS) is 17.1. The molecule has 2 saturated heterocycles. The third-order valence-electron chi connectivity index (χ3n) is 7.27.